The smallest absolute Gasteiger partial charge is 0.306 e. The van der Waals surface area contributed by atoms with Gasteiger partial charge in [0, 0.05) is 6.42 Å². The van der Waals surface area contributed by atoms with Gasteiger partial charge in [-0.2, -0.15) is 0 Å². The van der Waals surface area contributed by atoms with Crippen LogP contribution in [-0.4, -0.2) is 99.6 Å². The van der Waals surface area contributed by atoms with Gasteiger partial charge in [0.15, 0.2) is 12.4 Å². The molecule has 0 aromatic rings. The lowest BCUT2D eigenvalue weighted by atomic mass is 9.99. The van der Waals surface area contributed by atoms with E-state index in [0.29, 0.717) is 12.8 Å². The van der Waals surface area contributed by atoms with Gasteiger partial charge in [-0.1, -0.05) is 281 Å². The summed E-state index contributed by atoms with van der Waals surface area (Å²) in [6, 6.07) is -1.03. The van der Waals surface area contributed by atoms with E-state index in [1.165, 1.54) is 167 Å². The molecule has 1 rings (SSSR count). The standard InChI is InChI=1S/C68H123NO10/c1-4-7-10-13-16-19-22-25-27-28-29-30-31-32-33-34-35-36-37-40-43-46-49-52-55-61(72)67(76)69-59(60(71)54-51-48-45-42-39-24-21-18-15-12-9-6-3)58-77-68-66(65(75)64(74)62(57-70)78-68)79-63(73)56-53-50-47-44-41-38-26-23-20-17-14-11-8-5-2/h16,19,25,27,29-30,32-33,51,54,59-62,64-66,68,70-72,74-75H,4-15,17-18,20-24,26,28,31,34-50,52-53,55-58H2,1-3H3,(H,69,76)/b19-16-,27-25-,30-29-,33-32-,54-51+. The second-order valence-corrected chi connectivity index (χ2v) is 22.9. The Morgan fingerprint density at radius 3 is 1.33 bits per heavy atom. The SMILES string of the molecule is CCCCC/C=C\C/C=C\C/C=C\C/C=C\CCCCCCCCCCC(O)C(=O)NC(COC1OC(CO)C(O)C(O)C1OC(=O)CCCCCCCCCCCCCCCC)C(O)/C=C/CCCCCCCCCCCC. The summed E-state index contributed by atoms with van der Waals surface area (Å²) in [5.41, 5.74) is 0. The van der Waals surface area contributed by atoms with Gasteiger partial charge in [-0.3, -0.25) is 9.59 Å². The number of hydrogen-bond donors (Lipinski definition) is 6. The molecule has 0 radical (unpaired) electrons. The van der Waals surface area contributed by atoms with E-state index in [0.717, 1.165) is 83.5 Å². The fourth-order valence-corrected chi connectivity index (χ4v) is 10.2. The molecule has 11 heteroatoms. The number of allylic oxidation sites excluding steroid dienone is 9. The average Bonchev–Trinajstić information content (AvgIpc) is 3.46. The van der Waals surface area contributed by atoms with Crippen LogP contribution in [0.25, 0.3) is 0 Å². The number of hydrogen-bond acceptors (Lipinski definition) is 10. The molecule has 8 atom stereocenters. The Hall–Kier alpha value is -2.64. The van der Waals surface area contributed by atoms with Crippen molar-refractivity contribution in [2.45, 2.75) is 346 Å². The summed E-state index contributed by atoms with van der Waals surface area (Å²) in [7, 11) is 0. The zero-order valence-electron chi connectivity index (χ0n) is 51.0. The molecule has 0 aromatic heterocycles. The van der Waals surface area contributed by atoms with E-state index >= 15 is 0 Å². The van der Waals surface area contributed by atoms with Crippen LogP contribution in [0.5, 0.6) is 0 Å². The van der Waals surface area contributed by atoms with Gasteiger partial charge in [0.05, 0.1) is 25.4 Å². The van der Waals surface area contributed by atoms with Gasteiger partial charge in [-0.15, -0.1) is 0 Å². The third kappa shape index (κ3) is 43.7. The number of carbonyl (C=O) groups is 2. The second-order valence-electron chi connectivity index (χ2n) is 22.9. The molecule has 0 spiro atoms. The molecule has 6 N–H and O–H groups in total. The molecule has 0 saturated carbocycles. The van der Waals surface area contributed by atoms with Crippen LogP contribution in [0.15, 0.2) is 60.8 Å². The van der Waals surface area contributed by atoms with Crippen molar-refractivity contribution in [2.24, 2.45) is 0 Å². The van der Waals surface area contributed by atoms with Gasteiger partial charge >= 0.3 is 5.97 Å². The molecule has 460 valence electrons. The summed E-state index contributed by atoms with van der Waals surface area (Å²) < 4.78 is 17.6. The Labute approximate surface area is 484 Å². The molecule has 79 heavy (non-hydrogen) atoms. The number of aliphatic hydroxyl groups excluding tert-OH is 5. The number of amides is 1. The van der Waals surface area contributed by atoms with Crippen molar-refractivity contribution in [2.75, 3.05) is 13.2 Å². The topological polar surface area (TPSA) is 175 Å². The molecular formula is C68H123NO10. The Kier molecular flexibility index (Phi) is 52.6. The van der Waals surface area contributed by atoms with Crippen molar-refractivity contribution in [3.05, 3.63) is 60.8 Å². The summed E-state index contributed by atoms with van der Waals surface area (Å²) in [6.45, 7) is 5.77. The monoisotopic (exact) mass is 1110 g/mol. The van der Waals surface area contributed by atoms with E-state index < -0.39 is 67.4 Å². The van der Waals surface area contributed by atoms with E-state index in [1.807, 2.05) is 6.08 Å². The average molecular weight is 1110 g/mol. The van der Waals surface area contributed by atoms with Crippen LogP contribution in [0, 0.1) is 0 Å². The van der Waals surface area contributed by atoms with Gasteiger partial charge in [0.1, 0.15) is 24.4 Å². The molecule has 1 fully saturated rings. The van der Waals surface area contributed by atoms with Crippen molar-refractivity contribution in [3.8, 4) is 0 Å². The third-order valence-corrected chi connectivity index (χ3v) is 15.4. The minimum absolute atomic E-state index is 0.125. The number of carbonyl (C=O) groups excluding carboxylic acids is 2. The van der Waals surface area contributed by atoms with Crippen LogP contribution in [-0.2, 0) is 23.8 Å². The molecule has 1 aliphatic rings. The highest BCUT2D eigenvalue weighted by molar-refractivity contribution is 5.80. The molecule has 0 aromatic carbocycles. The van der Waals surface area contributed by atoms with Crippen molar-refractivity contribution >= 4 is 11.9 Å². The lowest BCUT2D eigenvalue weighted by Gasteiger charge is -2.41. The summed E-state index contributed by atoms with van der Waals surface area (Å²) in [5.74, 6) is -1.19. The summed E-state index contributed by atoms with van der Waals surface area (Å²) >= 11 is 0. The summed E-state index contributed by atoms with van der Waals surface area (Å²) in [6.07, 6.45) is 59.7. The minimum atomic E-state index is -1.61. The fourth-order valence-electron chi connectivity index (χ4n) is 10.2. The second kappa shape index (κ2) is 55.9. The quantitative estimate of drug-likeness (QED) is 0.0195. The predicted octanol–water partition coefficient (Wildman–Crippen LogP) is 16.2. The van der Waals surface area contributed by atoms with Gasteiger partial charge in [-0.25, -0.2) is 0 Å². The first kappa shape index (κ1) is 74.4. The summed E-state index contributed by atoms with van der Waals surface area (Å²) in [4.78, 5) is 26.6. The molecule has 1 saturated heterocycles. The first-order valence-corrected chi connectivity index (χ1v) is 33.1. The lowest BCUT2D eigenvalue weighted by molar-refractivity contribution is -0.305. The van der Waals surface area contributed by atoms with Gasteiger partial charge in [-0.05, 0) is 70.6 Å². The number of aliphatic hydroxyl groups is 5. The maximum absolute atomic E-state index is 13.5. The van der Waals surface area contributed by atoms with E-state index in [9.17, 15) is 35.1 Å². The highest BCUT2D eigenvalue weighted by atomic mass is 16.7. The van der Waals surface area contributed by atoms with Gasteiger partial charge in [0.25, 0.3) is 0 Å². The summed E-state index contributed by atoms with van der Waals surface area (Å²) in [5, 5.41) is 57.1. The molecular weight excluding hydrogens is 991 g/mol. The molecule has 0 bridgehead atoms. The Bertz CT molecular complexity index is 1510. The van der Waals surface area contributed by atoms with Crippen LogP contribution in [0.4, 0.5) is 0 Å². The zero-order valence-corrected chi connectivity index (χ0v) is 51.0. The molecule has 1 heterocycles. The van der Waals surface area contributed by atoms with Gasteiger partial charge in [0.2, 0.25) is 5.91 Å². The fraction of sp³-hybridized carbons (Fsp3) is 0.824. The highest BCUT2D eigenvalue weighted by Crippen LogP contribution is 2.26. The normalized spacial score (nSPS) is 19.2. The number of nitrogens with one attached hydrogen (secondary N) is 1. The lowest BCUT2D eigenvalue weighted by Crippen LogP contribution is -2.61. The van der Waals surface area contributed by atoms with E-state index in [4.69, 9.17) is 14.2 Å². The largest absolute Gasteiger partial charge is 0.454 e. The van der Waals surface area contributed by atoms with Crippen molar-refractivity contribution in [1.29, 1.82) is 0 Å². The van der Waals surface area contributed by atoms with E-state index in [2.05, 4.69) is 74.7 Å². The van der Waals surface area contributed by atoms with Gasteiger partial charge < -0.3 is 45.1 Å². The Balaban J connectivity index is 2.62. The first-order valence-electron chi connectivity index (χ1n) is 33.1. The third-order valence-electron chi connectivity index (χ3n) is 15.4. The highest BCUT2D eigenvalue weighted by Gasteiger charge is 2.47. The number of unbranched alkanes of at least 4 members (excludes halogenated alkanes) is 34. The van der Waals surface area contributed by atoms with E-state index in [1.54, 1.807) is 6.08 Å². The number of ether oxygens (including phenoxy) is 3. The van der Waals surface area contributed by atoms with Crippen LogP contribution < -0.4 is 5.32 Å². The van der Waals surface area contributed by atoms with Crippen molar-refractivity contribution in [1.82, 2.24) is 5.32 Å². The Morgan fingerprint density at radius 2 is 0.873 bits per heavy atom. The molecule has 1 amide bonds. The number of esters is 1. The molecule has 1 aliphatic heterocycles. The van der Waals surface area contributed by atoms with Crippen LogP contribution in [0.2, 0.25) is 0 Å². The van der Waals surface area contributed by atoms with Crippen molar-refractivity contribution < 1.29 is 49.3 Å². The van der Waals surface area contributed by atoms with E-state index in [-0.39, 0.29) is 19.4 Å². The number of rotatable bonds is 56. The van der Waals surface area contributed by atoms with Crippen molar-refractivity contribution in [3.63, 3.8) is 0 Å². The maximum Gasteiger partial charge on any atom is 0.306 e. The minimum Gasteiger partial charge on any atom is -0.454 e. The Morgan fingerprint density at radius 1 is 0.494 bits per heavy atom. The van der Waals surface area contributed by atoms with Crippen LogP contribution in [0.1, 0.15) is 297 Å². The first-order chi connectivity index (χ1) is 38.7. The zero-order chi connectivity index (χ0) is 57.5. The predicted molar refractivity (Wildman–Crippen MR) is 329 cm³/mol. The van der Waals surface area contributed by atoms with Crippen LogP contribution >= 0.6 is 0 Å². The molecule has 11 nitrogen and oxygen atoms in total. The maximum atomic E-state index is 13.5. The molecule has 8 unspecified atom stereocenters. The molecule has 0 aliphatic carbocycles. The van der Waals surface area contributed by atoms with Crippen LogP contribution in [0.3, 0.4) is 0 Å².